The maximum atomic E-state index is 14.0. The van der Waals surface area contributed by atoms with E-state index < -0.39 is 17.8 Å². The number of nitrogens with two attached hydrogens (primary N) is 1. The van der Waals surface area contributed by atoms with Crippen LogP contribution in [0, 0.1) is 17.1 Å². The maximum Gasteiger partial charge on any atom is 0.357 e. The average molecular weight is 303 g/mol. The number of carbonyl (C=O) groups is 2. The predicted octanol–water partition coefficient (Wildman–Crippen LogP) is 1.56. The minimum Gasteiger partial charge on any atom is -0.478 e. The van der Waals surface area contributed by atoms with Gasteiger partial charge in [0.15, 0.2) is 5.69 Å². The molecular weight excluding hydrogens is 293 g/mol. The van der Waals surface area contributed by atoms with Crippen LogP contribution >= 0.6 is 0 Å². The summed E-state index contributed by atoms with van der Waals surface area (Å²) in [7, 11) is 1.11. The third kappa shape index (κ3) is 2.35. The minimum atomic E-state index is -1.26. The van der Waals surface area contributed by atoms with Crippen LogP contribution in [0.15, 0.2) is 24.4 Å². The van der Waals surface area contributed by atoms with Crippen LogP contribution in [0.5, 0.6) is 0 Å². The minimum absolute atomic E-state index is 0.0551. The summed E-state index contributed by atoms with van der Waals surface area (Å²) >= 11 is 0. The van der Waals surface area contributed by atoms with Gasteiger partial charge < -0.3 is 20.1 Å². The SMILES string of the molecule is COC(=O)c1c(N)c(C#N)cn1-c1cc(C(=O)O)ccc1F. The fourth-order valence-corrected chi connectivity index (χ4v) is 1.93. The zero-order valence-electron chi connectivity index (χ0n) is 11.3. The van der Waals surface area contributed by atoms with Gasteiger partial charge in [0.2, 0.25) is 0 Å². The van der Waals surface area contributed by atoms with Gasteiger partial charge >= 0.3 is 11.9 Å². The summed E-state index contributed by atoms with van der Waals surface area (Å²) in [6.45, 7) is 0. The number of ether oxygens (including phenoxy) is 1. The number of carboxylic acids is 1. The first kappa shape index (κ1) is 15.1. The molecule has 0 saturated heterocycles. The van der Waals surface area contributed by atoms with Gasteiger partial charge in [-0.2, -0.15) is 5.26 Å². The molecule has 1 heterocycles. The van der Waals surface area contributed by atoms with E-state index >= 15 is 0 Å². The molecule has 0 atom stereocenters. The molecule has 112 valence electrons. The van der Waals surface area contributed by atoms with Crippen LogP contribution in [0.3, 0.4) is 0 Å². The Kier molecular flexibility index (Phi) is 3.81. The Bertz CT molecular complexity index is 820. The first-order chi connectivity index (χ1) is 10.4. The number of halogens is 1. The highest BCUT2D eigenvalue weighted by Gasteiger charge is 2.23. The summed E-state index contributed by atoms with van der Waals surface area (Å²) in [6.07, 6.45) is 1.14. The number of hydrogen-bond donors (Lipinski definition) is 2. The van der Waals surface area contributed by atoms with Crippen molar-refractivity contribution in [3.05, 3.63) is 47.0 Å². The van der Waals surface area contributed by atoms with Crippen molar-refractivity contribution in [3.63, 3.8) is 0 Å². The first-order valence-corrected chi connectivity index (χ1v) is 5.93. The van der Waals surface area contributed by atoms with Gasteiger partial charge in [0.05, 0.1) is 29.6 Å². The Morgan fingerprint density at radius 3 is 2.68 bits per heavy atom. The van der Waals surface area contributed by atoms with Crippen molar-refractivity contribution in [2.24, 2.45) is 0 Å². The smallest absolute Gasteiger partial charge is 0.357 e. The number of aromatic nitrogens is 1. The van der Waals surface area contributed by atoms with E-state index in [0.717, 1.165) is 36.1 Å². The van der Waals surface area contributed by atoms with Crippen molar-refractivity contribution >= 4 is 17.6 Å². The zero-order chi connectivity index (χ0) is 16.4. The van der Waals surface area contributed by atoms with Gasteiger partial charge in [-0.15, -0.1) is 0 Å². The predicted molar refractivity (Wildman–Crippen MR) is 73.2 cm³/mol. The van der Waals surface area contributed by atoms with Crippen LogP contribution in [0.2, 0.25) is 0 Å². The quantitative estimate of drug-likeness (QED) is 0.830. The van der Waals surface area contributed by atoms with Crippen LogP contribution < -0.4 is 5.73 Å². The number of aromatic carboxylic acids is 1. The van der Waals surface area contributed by atoms with E-state index in [9.17, 15) is 14.0 Å². The lowest BCUT2D eigenvalue weighted by Crippen LogP contribution is -2.12. The molecule has 2 rings (SSSR count). The zero-order valence-corrected chi connectivity index (χ0v) is 11.3. The number of benzene rings is 1. The molecule has 0 aliphatic carbocycles. The third-order valence-corrected chi connectivity index (χ3v) is 3.00. The molecule has 0 amide bonds. The fraction of sp³-hybridized carbons (Fsp3) is 0.0714. The Hall–Kier alpha value is -3.34. The molecule has 0 radical (unpaired) electrons. The van der Waals surface area contributed by atoms with Crippen LogP contribution in [-0.4, -0.2) is 28.7 Å². The first-order valence-electron chi connectivity index (χ1n) is 5.93. The van der Waals surface area contributed by atoms with E-state index in [1.54, 1.807) is 6.07 Å². The van der Waals surface area contributed by atoms with E-state index in [2.05, 4.69) is 4.74 Å². The normalized spacial score (nSPS) is 10.0. The standard InChI is InChI=1S/C14H10FN3O4/c1-22-14(21)12-11(17)8(5-16)6-18(12)10-4-7(13(19)20)2-3-9(10)15/h2-4,6H,17H2,1H3,(H,19,20). The second-order valence-corrected chi connectivity index (χ2v) is 4.25. The molecular formula is C14H10FN3O4. The molecule has 3 N–H and O–H groups in total. The van der Waals surface area contributed by atoms with E-state index in [-0.39, 0.29) is 28.2 Å². The molecule has 1 aromatic carbocycles. The molecule has 8 heteroatoms. The number of esters is 1. The number of rotatable bonds is 3. The molecule has 0 unspecified atom stereocenters. The van der Waals surface area contributed by atoms with Gasteiger partial charge in [-0.1, -0.05) is 0 Å². The molecule has 1 aromatic heterocycles. The van der Waals surface area contributed by atoms with Crippen LogP contribution in [0.1, 0.15) is 26.4 Å². The molecule has 0 spiro atoms. The lowest BCUT2D eigenvalue weighted by atomic mass is 10.2. The summed E-state index contributed by atoms with van der Waals surface area (Å²) in [6, 6.07) is 4.83. The topological polar surface area (TPSA) is 118 Å². The van der Waals surface area contributed by atoms with Gasteiger partial charge in [-0.05, 0) is 18.2 Å². The van der Waals surface area contributed by atoms with E-state index in [1.807, 2.05) is 0 Å². The molecule has 0 aliphatic heterocycles. The summed E-state index contributed by atoms with van der Waals surface area (Å²) in [5.74, 6) is -2.92. The number of nitriles is 1. The van der Waals surface area contributed by atoms with Gasteiger partial charge in [-0.3, -0.25) is 0 Å². The van der Waals surface area contributed by atoms with Crippen LogP contribution in [0.25, 0.3) is 5.69 Å². The molecule has 0 aliphatic rings. The lowest BCUT2D eigenvalue weighted by molar-refractivity contribution is 0.0592. The lowest BCUT2D eigenvalue weighted by Gasteiger charge is -2.10. The summed E-state index contributed by atoms with van der Waals surface area (Å²) < 4.78 is 19.6. The Morgan fingerprint density at radius 2 is 2.14 bits per heavy atom. The number of anilines is 1. The number of hydrogen-bond acceptors (Lipinski definition) is 5. The molecule has 22 heavy (non-hydrogen) atoms. The molecule has 2 aromatic rings. The van der Waals surface area contributed by atoms with E-state index in [0.29, 0.717) is 0 Å². The van der Waals surface area contributed by atoms with Crippen molar-refractivity contribution in [3.8, 4) is 11.8 Å². The third-order valence-electron chi connectivity index (χ3n) is 3.00. The van der Waals surface area contributed by atoms with Crippen molar-refractivity contribution in [1.82, 2.24) is 4.57 Å². The summed E-state index contributed by atoms with van der Waals surface area (Å²) in [5.41, 5.74) is 4.81. The van der Waals surface area contributed by atoms with Gasteiger partial charge in [0.1, 0.15) is 11.9 Å². The van der Waals surface area contributed by atoms with E-state index in [1.165, 1.54) is 0 Å². The monoisotopic (exact) mass is 303 g/mol. The summed E-state index contributed by atoms with van der Waals surface area (Å²) in [5, 5.41) is 18.0. The largest absolute Gasteiger partial charge is 0.478 e. The van der Waals surface area contributed by atoms with Gasteiger partial charge in [0, 0.05) is 6.20 Å². The number of nitrogen functional groups attached to an aromatic ring is 1. The van der Waals surface area contributed by atoms with Crippen LogP contribution in [-0.2, 0) is 4.74 Å². The fourth-order valence-electron chi connectivity index (χ4n) is 1.93. The van der Waals surface area contributed by atoms with Crippen molar-refractivity contribution in [2.75, 3.05) is 12.8 Å². The highest BCUT2D eigenvalue weighted by atomic mass is 19.1. The second kappa shape index (κ2) is 5.57. The Balaban J connectivity index is 2.78. The second-order valence-electron chi connectivity index (χ2n) is 4.25. The van der Waals surface area contributed by atoms with Gasteiger partial charge in [-0.25, -0.2) is 14.0 Å². The number of carboxylic acid groups (broad SMARTS) is 1. The Morgan fingerprint density at radius 1 is 1.45 bits per heavy atom. The van der Waals surface area contributed by atoms with Gasteiger partial charge in [0.25, 0.3) is 0 Å². The number of carbonyl (C=O) groups excluding carboxylic acids is 1. The highest BCUT2D eigenvalue weighted by molar-refractivity contribution is 5.96. The van der Waals surface area contributed by atoms with Crippen LogP contribution in [0.4, 0.5) is 10.1 Å². The van der Waals surface area contributed by atoms with Crippen molar-refractivity contribution < 1.29 is 23.8 Å². The van der Waals surface area contributed by atoms with Crippen molar-refractivity contribution in [2.45, 2.75) is 0 Å². The Labute approximate surface area is 123 Å². The molecule has 0 saturated carbocycles. The average Bonchev–Trinajstić information content (AvgIpc) is 2.83. The molecule has 0 fully saturated rings. The highest BCUT2D eigenvalue weighted by Crippen LogP contribution is 2.26. The summed E-state index contributed by atoms with van der Waals surface area (Å²) in [4.78, 5) is 22.8. The number of nitrogens with zero attached hydrogens (tertiary/aromatic N) is 2. The van der Waals surface area contributed by atoms with Crippen molar-refractivity contribution in [1.29, 1.82) is 5.26 Å². The molecule has 7 nitrogen and oxygen atoms in total. The maximum absolute atomic E-state index is 14.0. The number of methoxy groups -OCH3 is 1. The molecule has 0 bridgehead atoms. The van der Waals surface area contributed by atoms with E-state index in [4.69, 9.17) is 16.1 Å².